The summed E-state index contributed by atoms with van der Waals surface area (Å²) in [5.74, 6) is 0.807. The number of aliphatic imine (C=N–C) groups is 1. The van der Waals surface area contributed by atoms with Gasteiger partial charge in [-0.3, -0.25) is 9.79 Å². The molecule has 1 aromatic rings. The Morgan fingerprint density at radius 2 is 1.93 bits per heavy atom. The van der Waals surface area contributed by atoms with Crippen molar-refractivity contribution in [3.8, 4) is 0 Å². The van der Waals surface area contributed by atoms with E-state index in [9.17, 15) is 4.79 Å². The number of nitrogens with zero attached hydrogens (tertiary/aromatic N) is 2. The van der Waals surface area contributed by atoms with Gasteiger partial charge in [-0.25, -0.2) is 0 Å². The molecule has 152 valence electrons. The summed E-state index contributed by atoms with van der Waals surface area (Å²) in [6.45, 7) is 10.7. The van der Waals surface area contributed by atoms with Gasteiger partial charge in [0, 0.05) is 26.2 Å². The highest BCUT2D eigenvalue weighted by atomic mass is 127. The monoisotopic (exact) mass is 486 g/mol. The summed E-state index contributed by atoms with van der Waals surface area (Å²) in [7, 11) is 1.74. The van der Waals surface area contributed by atoms with E-state index in [1.165, 1.54) is 11.1 Å². The molecule has 0 aliphatic carbocycles. The van der Waals surface area contributed by atoms with Crippen LogP contribution in [0.25, 0.3) is 0 Å². The average Bonchev–Trinajstić information content (AvgIpc) is 2.62. The first-order chi connectivity index (χ1) is 12.3. The molecule has 6 heteroatoms. The zero-order chi connectivity index (χ0) is 19.2. The Kier molecular flexibility index (Phi) is 9.56. The van der Waals surface area contributed by atoms with Crippen molar-refractivity contribution in [3.63, 3.8) is 0 Å². The molecule has 1 aromatic carbocycles. The van der Waals surface area contributed by atoms with Crippen molar-refractivity contribution in [2.24, 2.45) is 10.4 Å². The van der Waals surface area contributed by atoms with Crippen LogP contribution in [0.15, 0.2) is 29.3 Å². The number of guanidine groups is 1. The van der Waals surface area contributed by atoms with Crippen LogP contribution in [0.1, 0.15) is 51.7 Å². The second-order valence-electron chi connectivity index (χ2n) is 8.40. The van der Waals surface area contributed by atoms with E-state index in [0.717, 1.165) is 25.8 Å². The Labute approximate surface area is 181 Å². The molecule has 1 atom stereocenters. The molecule has 0 saturated heterocycles. The van der Waals surface area contributed by atoms with Crippen molar-refractivity contribution in [2.45, 2.75) is 59.5 Å². The SMILES string of the molecule is CN=C(NCC(=O)N1CCc2ccccc2C1)NC(C)CCC(C)(C)C.I. The Morgan fingerprint density at radius 1 is 1.26 bits per heavy atom. The molecule has 1 aliphatic heterocycles. The fraction of sp³-hybridized carbons (Fsp3) is 0.619. The standard InChI is InChI=1S/C21H34N4O.HI/c1-16(10-12-21(2,3)4)24-20(22-5)23-14-19(26)25-13-11-17-8-6-7-9-18(17)15-25;/h6-9,16H,10-15H2,1-5H3,(H2,22,23,24);1H. The highest BCUT2D eigenvalue weighted by Gasteiger charge is 2.20. The van der Waals surface area contributed by atoms with E-state index in [-0.39, 0.29) is 36.4 Å². The number of hydrogen-bond acceptors (Lipinski definition) is 2. The van der Waals surface area contributed by atoms with Gasteiger partial charge >= 0.3 is 0 Å². The molecule has 0 spiro atoms. The van der Waals surface area contributed by atoms with Gasteiger partial charge < -0.3 is 15.5 Å². The van der Waals surface area contributed by atoms with Crippen molar-refractivity contribution < 1.29 is 4.79 Å². The number of amides is 1. The number of nitrogens with one attached hydrogen (secondary N) is 2. The van der Waals surface area contributed by atoms with Crippen molar-refractivity contribution in [3.05, 3.63) is 35.4 Å². The lowest BCUT2D eigenvalue weighted by Crippen LogP contribution is -2.47. The number of benzene rings is 1. The van der Waals surface area contributed by atoms with Crippen molar-refractivity contribution in [1.29, 1.82) is 0 Å². The molecule has 5 nitrogen and oxygen atoms in total. The van der Waals surface area contributed by atoms with Crippen molar-refractivity contribution >= 4 is 35.8 Å². The number of fused-ring (bicyclic) bond motifs is 1. The van der Waals surface area contributed by atoms with E-state index in [1.807, 2.05) is 11.0 Å². The van der Waals surface area contributed by atoms with Crippen LogP contribution in [0, 0.1) is 5.41 Å². The molecule has 1 aliphatic rings. The summed E-state index contributed by atoms with van der Waals surface area (Å²) >= 11 is 0. The number of halogens is 1. The molecule has 0 radical (unpaired) electrons. The molecule has 0 aromatic heterocycles. The number of rotatable bonds is 5. The Hall–Kier alpha value is -1.31. The summed E-state index contributed by atoms with van der Waals surface area (Å²) in [6, 6.07) is 8.68. The molecule has 1 heterocycles. The first kappa shape index (κ1) is 23.7. The summed E-state index contributed by atoms with van der Waals surface area (Å²) in [5, 5.41) is 6.55. The third-order valence-electron chi connectivity index (χ3n) is 4.82. The van der Waals surface area contributed by atoms with E-state index in [1.54, 1.807) is 7.05 Å². The van der Waals surface area contributed by atoms with Crippen molar-refractivity contribution in [2.75, 3.05) is 20.1 Å². The van der Waals surface area contributed by atoms with Gasteiger partial charge in [0.1, 0.15) is 0 Å². The highest BCUT2D eigenvalue weighted by Crippen LogP contribution is 2.21. The number of hydrogen-bond donors (Lipinski definition) is 2. The van der Waals surface area contributed by atoms with Gasteiger partial charge in [0.05, 0.1) is 6.54 Å². The second kappa shape index (κ2) is 10.9. The first-order valence-electron chi connectivity index (χ1n) is 9.60. The lowest BCUT2D eigenvalue weighted by Gasteiger charge is -2.29. The van der Waals surface area contributed by atoms with Crippen LogP contribution in [-0.2, 0) is 17.8 Å². The lowest BCUT2D eigenvalue weighted by molar-refractivity contribution is -0.130. The Bertz CT molecular complexity index is 639. The largest absolute Gasteiger partial charge is 0.354 e. The summed E-state index contributed by atoms with van der Waals surface area (Å²) in [6.07, 6.45) is 3.14. The first-order valence-corrected chi connectivity index (χ1v) is 9.60. The third-order valence-corrected chi connectivity index (χ3v) is 4.82. The maximum atomic E-state index is 12.6. The minimum Gasteiger partial charge on any atom is -0.354 e. The van der Waals surface area contributed by atoms with E-state index < -0.39 is 0 Å². The Morgan fingerprint density at radius 3 is 2.56 bits per heavy atom. The van der Waals surface area contributed by atoms with E-state index in [2.05, 4.69) is 61.5 Å². The van der Waals surface area contributed by atoms with Gasteiger partial charge in [0.25, 0.3) is 0 Å². The molecular formula is C21H35IN4O. The fourth-order valence-electron chi connectivity index (χ4n) is 3.13. The molecule has 0 fully saturated rings. The highest BCUT2D eigenvalue weighted by molar-refractivity contribution is 14.0. The van der Waals surface area contributed by atoms with Gasteiger partial charge in [0.15, 0.2) is 5.96 Å². The van der Waals surface area contributed by atoms with Crippen LogP contribution in [0.5, 0.6) is 0 Å². The zero-order valence-corrected chi connectivity index (χ0v) is 19.7. The van der Waals surface area contributed by atoms with Crippen LogP contribution >= 0.6 is 24.0 Å². The summed E-state index contributed by atoms with van der Waals surface area (Å²) in [4.78, 5) is 18.7. The minimum atomic E-state index is 0. The molecule has 27 heavy (non-hydrogen) atoms. The molecule has 2 rings (SSSR count). The maximum absolute atomic E-state index is 12.6. The summed E-state index contributed by atoms with van der Waals surface area (Å²) in [5.41, 5.74) is 2.94. The van der Waals surface area contributed by atoms with E-state index >= 15 is 0 Å². The average molecular weight is 486 g/mol. The van der Waals surface area contributed by atoms with Crippen LogP contribution in [-0.4, -0.2) is 42.9 Å². The normalized spacial score (nSPS) is 15.4. The number of carbonyl (C=O) groups excluding carboxylic acids is 1. The predicted octanol–water partition coefficient (Wildman–Crippen LogP) is 3.57. The van der Waals surface area contributed by atoms with Gasteiger partial charge in [-0.15, -0.1) is 24.0 Å². The Balaban J connectivity index is 0.00000364. The summed E-state index contributed by atoms with van der Waals surface area (Å²) < 4.78 is 0. The minimum absolute atomic E-state index is 0. The van der Waals surface area contributed by atoms with Crippen LogP contribution < -0.4 is 10.6 Å². The van der Waals surface area contributed by atoms with Gasteiger partial charge in [0.2, 0.25) is 5.91 Å². The lowest BCUT2D eigenvalue weighted by atomic mass is 9.89. The maximum Gasteiger partial charge on any atom is 0.242 e. The quantitative estimate of drug-likeness (QED) is 0.380. The van der Waals surface area contributed by atoms with Gasteiger partial charge in [-0.1, -0.05) is 45.0 Å². The van der Waals surface area contributed by atoms with Crippen LogP contribution in [0.4, 0.5) is 0 Å². The van der Waals surface area contributed by atoms with Crippen LogP contribution in [0.2, 0.25) is 0 Å². The topological polar surface area (TPSA) is 56.7 Å². The second-order valence-corrected chi connectivity index (χ2v) is 8.40. The third kappa shape index (κ3) is 8.07. The molecular weight excluding hydrogens is 451 g/mol. The van der Waals surface area contributed by atoms with E-state index in [4.69, 9.17) is 0 Å². The van der Waals surface area contributed by atoms with Gasteiger partial charge in [-0.05, 0) is 42.7 Å². The predicted molar refractivity (Wildman–Crippen MR) is 124 cm³/mol. The van der Waals surface area contributed by atoms with E-state index in [0.29, 0.717) is 24.0 Å². The zero-order valence-electron chi connectivity index (χ0n) is 17.3. The fourth-order valence-corrected chi connectivity index (χ4v) is 3.13. The number of carbonyl (C=O) groups is 1. The van der Waals surface area contributed by atoms with Crippen molar-refractivity contribution in [1.82, 2.24) is 15.5 Å². The molecule has 1 amide bonds. The molecule has 2 N–H and O–H groups in total. The molecule has 1 unspecified atom stereocenters. The smallest absolute Gasteiger partial charge is 0.242 e. The van der Waals surface area contributed by atoms with Crippen LogP contribution in [0.3, 0.4) is 0 Å². The molecule has 0 saturated carbocycles. The molecule has 0 bridgehead atoms. The van der Waals surface area contributed by atoms with Gasteiger partial charge in [-0.2, -0.15) is 0 Å².